The van der Waals surface area contributed by atoms with Crippen LogP contribution in [0.3, 0.4) is 0 Å². The smallest absolute Gasteiger partial charge is 0.329 e. The summed E-state index contributed by atoms with van der Waals surface area (Å²) in [5, 5.41) is 8.27. The van der Waals surface area contributed by atoms with E-state index in [0.29, 0.717) is 73.7 Å². The Kier molecular flexibility index (Phi) is 16.7. The predicted octanol–water partition coefficient (Wildman–Crippen LogP) is 3.88. The van der Waals surface area contributed by atoms with E-state index in [4.69, 9.17) is 24.7 Å². The molecule has 1 fully saturated rings. The Balaban J connectivity index is 0.818. The summed E-state index contributed by atoms with van der Waals surface area (Å²) in [7, 11) is -2.16. The molecule has 3 heterocycles. The first-order valence-electron chi connectivity index (χ1n) is 20.3. The zero-order chi connectivity index (χ0) is 45.8. The summed E-state index contributed by atoms with van der Waals surface area (Å²) in [6.45, 7) is 4.44. The summed E-state index contributed by atoms with van der Waals surface area (Å²) in [6.07, 6.45) is 3.29. The van der Waals surface area contributed by atoms with E-state index in [1.54, 1.807) is 24.6 Å². The number of rotatable bonds is 24. The van der Waals surface area contributed by atoms with E-state index in [0.717, 1.165) is 17.1 Å². The normalized spacial score (nSPS) is 14.2. The third kappa shape index (κ3) is 12.1. The number of hydrogen-bond acceptors (Lipinski definition) is 14. The van der Waals surface area contributed by atoms with E-state index >= 15 is 0 Å². The van der Waals surface area contributed by atoms with Crippen LogP contribution in [0, 0.1) is 12.7 Å². The maximum absolute atomic E-state index is 14.3. The third-order valence-corrected chi connectivity index (χ3v) is 12.1. The molecule has 1 saturated heterocycles. The summed E-state index contributed by atoms with van der Waals surface area (Å²) >= 11 is 3.34. The number of fused-ring (bicyclic) bond motifs is 1. The number of halogens is 2. The van der Waals surface area contributed by atoms with Gasteiger partial charge in [0.15, 0.2) is 0 Å². The predicted molar refractivity (Wildman–Crippen MR) is 238 cm³/mol. The molecule has 0 aliphatic carbocycles. The van der Waals surface area contributed by atoms with Gasteiger partial charge in [-0.25, -0.2) is 27.3 Å². The number of anilines is 4. The molecule has 5 aromatic rings. The van der Waals surface area contributed by atoms with Crippen molar-refractivity contribution in [2.24, 2.45) is 12.8 Å². The highest BCUT2D eigenvalue weighted by atomic mass is 79.9. The maximum atomic E-state index is 14.3. The highest BCUT2D eigenvalue weighted by Gasteiger charge is 2.31. The quantitative estimate of drug-likeness (QED) is 0.0435. The number of hydrogen-bond donors (Lipinski definition) is 5. The fourth-order valence-corrected chi connectivity index (χ4v) is 8.38. The summed E-state index contributed by atoms with van der Waals surface area (Å²) in [5.41, 5.74) is 8.37. The number of primary amides is 1. The van der Waals surface area contributed by atoms with Crippen molar-refractivity contribution in [3.8, 4) is 0 Å². The van der Waals surface area contributed by atoms with Gasteiger partial charge in [0.2, 0.25) is 27.8 Å². The van der Waals surface area contributed by atoms with Crippen molar-refractivity contribution in [3.05, 3.63) is 98.3 Å². The van der Waals surface area contributed by atoms with Gasteiger partial charge < -0.3 is 35.3 Å². The number of nitrogens with zero attached hydrogens (tertiary/aromatic N) is 4. The average Bonchev–Trinajstić information content (AvgIpc) is 3.51. The van der Waals surface area contributed by atoms with Crippen molar-refractivity contribution in [1.82, 2.24) is 29.1 Å². The molecule has 1 aliphatic heterocycles. The van der Waals surface area contributed by atoms with E-state index in [9.17, 15) is 32.0 Å². The van der Waals surface area contributed by atoms with E-state index in [-0.39, 0.29) is 72.1 Å². The molecule has 0 saturated carbocycles. The number of aryl methyl sites for hydroxylation is 3. The lowest BCUT2D eigenvalue weighted by Gasteiger charge is -2.21. The zero-order valence-corrected chi connectivity index (χ0v) is 37.6. The van der Waals surface area contributed by atoms with Crippen molar-refractivity contribution < 1.29 is 46.1 Å². The Morgan fingerprint density at radius 1 is 0.938 bits per heavy atom. The number of imidazole rings is 1. The van der Waals surface area contributed by atoms with Gasteiger partial charge in [-0.1, -0.05) is 18.2 Å². The standard InChI is InChI=1S/C42H49BrFN9O10S/c1-26-24-28(11-12-31(26)49-41-46-25-29(43)39(51-41)48-32-9-4-8-30(44)36(32)38(45)55)64(58,59)47-15-17-61-19-21-63-23-22-62-20-18-60-16-5-7-27-6-3-10-33-37(27)52(2)42(57)53(33)34-13-14-35(54)50-40(34)56/h3-4,6,8-12,24-25,34,47H,5,7,13-23H2,1-2H3,(H2,45,55)(H,50,54,56)(H2,46,48,49,51). The molecule has 0 bridgehead atoms. The van der Waals surface area contributed by atoms with Gasteiger partial charge in [0.25, 0.3) is 5.91 Å². The van der Waals surface area contributed by atoms with Crippen LogP contribution in [0.5, 0.6) is 0 Å². The highest BCUT2D eigenvalue weighted by molar-refractivity contribution is 9.10. The van der Waals surface area contributed by atoms with Crippen LogP contribution in [-0.2, 0) is 52.0 Å². The number of para-hydroxylation sites is 1. The van der Waals surface area contributed by atoms with E-state index in [1.165, 1.54) is 35.0 Å². The molecule has 3 amide bonds. The van der Waals surface area contributed by atoms with Gasteiger partial charge in [-0.15, -0.1) is 0 Å². The van der Waals surface area contributed by atoms with E-state index in [2.05, 4.69) is 46.6 Å². The monoisotopic (exact) mass is 969 g/mol. The number of nitrogens with one attached hydrogen (secondary N) is 4. The van der Waals surface area contributed by atoms with E-state index in [1.807, 2.05) is 18.2 Å². The molecule has 2 aromatic heterocycles. The lowest BCUT2D eigenvalue weighted by Crippen LogP contribution is -2.44. The number of carbonyl (C=O) groups is 3. The summed E-state index contributed by atoms with van der Waals surface area (Å²) in [6, 6.07) is 13.5. The molecule has 19 nitrogen and oxygen atoms in total. The molecule has 6 N–H and O–H groups in total. The Bertz CT molecular complexity index is 2660. The van der Waals surface area contributed by atoms with Crippen LogP contribution in [0.2, 0.25) is 0 Å². The molecule has 1 aliphatic rings. The Morgan fingerprint density at radius 3 is 2.31 bits per heavy atom. The summed E-state index contributed by atoms with van der Waals surface area (Å²) < 4.78 is 68.5. The van der Waals surface area contributed by atoms with Gasteiger partial charge in [0, 0.05) is 38.5 Å². The van der Waals surface area contributed by atoms with Crippen molar-refractivity contribution >= 4 is 77.8 Å². The molecule has 22 heteroatoms. The zero-order valence-electron chi connectivity index (χ0n) is 35.2. The number of ether oxygens (including phenoxy) is 4. The molecule has 1 unspecified atom stereocenters. The minimum Gasteiger partial charge on any atom is -0.379 e. The van der Waals surface area contributed by atoms with Crippen molar-refractivity contribution in [3.63, 3.8) is 0 Å². The minimum absolute atomic E-state index is 0.0449. The van der Waals surface area contributed by atoms with Crippen LogP contribution in [0.1, 0.15) is 46.8 Å². The van der Waals surface area contributed by atoms with Gasteiger partial charge in [0.1, 0.15) is 17.7 Å². The second-order valence-corrected chi connectivity index (χ2v) is 17.2. The largest absolute Gasteiger partial charge is 0.379 e. The first kappa shape index (κ1) is 47.8. The van der Waals surface area contributed by atoms with Crippen LogP contribution in [0.15, 0.2) is 75.0 Å². The molecule has 0 radical (unpaired) electrons. The number of carbonyl (C=O) groups excluding carboxylic acids is 3. The van der Waals surface area contributed by atoms with Crippen LogP contribution < -0.4 is 32.1 Å². The molecule has 64 heavy (non-hydrogen) atoms. The van der Waals surface area contributed by atoms with Gasteiger partial charge in [-0.05, 0) is 89.6 Å². The van der Waals surface area contributed by atoms with Gasteiger partial charge in [0.05, 0.1) is 77.9 Å². The molecule has 0 spiro atoms. The average molecular weight is 971 g/mol. The highest BCUT2D eigenvalue weighted by Crippen LogP contribution is 2.30. The Labute approximate surface area is 376 Å². The van der Waals surface area contributed by atoms with E-state index < -0.39 is 33.7 Å². The third-order valence-electron chi connectivity index (χ3n) is 10.1. The Hall–Kier alpha value is -5.62. The molecule has 3 aromatic carbocycles. The topological polar surface area (TPSA) is 249 Å². The molecule has 1 atom stereocenters. The number of piperidine rings is 1. The maximum Gasteiger partial charge on any atom is 0.329 e. The second-order valence-electron chi connectivity index (χ2n) is 14.6. The minimum atomic E-state index is -3.84. The van der Waals surface area contributed by atoms with Gasteiger partial charge in [-0.2, -0.15) is 4.98 Å². The number of benzene rings is 3. The first-order valence-corrected chi connectivity index (χ1v) is 22.6. The van der Waals surface area contributed by atoms with Crippen molar-refractivity contribution in [2.45, 2.75) is 43.5 Å². The molecular formula is C42H49BrFN9O10S. The fraction of sp³-hybridized carbons (Fsp3) is 0.381. The number of imide groups is 1. The van der Waals surface area contributed by atoms with Crippen LogP contribution >= 0.6 is 15.9 Å². The fourth-order valence-electron chi connectivity index (χ4n) is 6.99. The Morgan fingerprint density at radius 2 is 1.62 bits per heavy atom. The van der Waals surface area contributed by atoms with Crippen LogP contribution in [-0.4, -0.2) is 105 Å². The van der Waals surface area contributed by atoms with Crippen LogP contribution in [0.4, 0.5) is 27.5 Å². The molecule has 342 valence electrons. The van der Waals surface area contributed by atoms with Crippen molar-refractivity contribution in [2.75, 3.05) is 70.0 Å². The lowest BCUT2D eigenvalue weighted by atomic mass is 10.0. The summed E-state index contributed by atoms with van der Waals surface area (Å²) in [4.78, 5) is 57.8. The molecule has 6 rings (SSSR count). The van der Waals surface area contributed by atoms with Crippen LogP contribution in [0.25, 0.3) is 11.0 Å². The number of nitrogens with two attached hydrogens (primary N) is 1. The summed E-state index contributed by atoms with van der Waals surface area (Å²) in [5.74, 6) is -2.15. The van der Waals surface area contributed by atoms with Gasteiger partial charge >= 0.3 is 5.69 Å². The second kappa shape index (κ2) is 22.3. The number of sulfonamides is 1. The van der Waals surface area contributed by atoms with Gasteiger partial charge in [-0.3, -0.25) is 28.8 Å². The molecular weight excluding hydrogens is 921 g/mol. The number of amides is 3. The lowest BCUT2D eigenvalue weighted by molar-refractivity contribution is -0.135. The SMILES string of the molecule is Cc1cc(S(=O)(=O)NCCOCCOCCOCCOCCCc2cccc3c2n(C)c(=O)n3C2CCC(=O)NC2=O)ccc1Nc1ncc(Br)c(Nc2cccc(F)c2C(N)=O)n1. The number of aromatic nitrogens is 4. The first-order chi connectivity index (χ1) is 30.7. The van der Waals surface area contributed by atoms with Crippen molar-refractivity contribution in [1.29, 1.82) is 0 Å².